The highest BCUT2D eigenvalue weighted by molar-refractivity contribution is 5.84. The Morgan fingerprint density at radius 2 is 1.48 bits per heavy atom. The van der Waals surface area contributed by atoms with E-state index < -0.39 is 0 Å². The molecule has 3 heteroatoms. The van der Waals surface area contributed by atoms with Crippen LogP contribution in [0.1, 0.15) is 80.6 Å². The van der Waals surface area contributed by atoms with E-state index >= 15 is 0 Å². The normalized spacial score (nSPS) is 28.6. The Morgan fingerprint density at radius 3 is 2.07 bits per heavy atom. The maximum absolute atomic E-state index is 12.7. The fraction of sp³-hybridized carbons (Fsp3) is 0.731. The Hall–Kier alpha value is -1.19. The van der Waals surface area contributed by atoms with E-state index in [1.165, 1.54) is 16.7 Å². The van der Waals surface area contributed by atoms with E-state index in [1.54, 1.807) is 7.11 Å². The molecular formula is C26H44O3. The smallest absolute Gasteiger partial charge is 0.146 e. The van der Waals surface area contributed by atoms with Gasteiger partial charge in [0, 0.05) is 18.9 Å². The molecule has 0 aliphatic heterocycles. The molecule has 0 N–H and O–H groups in total. The molecule has 5 atom stereocenters. The minimum absolute atomic E-state index is 0.0318. The topological polar surface area (TPSA) is 35.5 Å². The van der Waals surface area contributed by atoms with Crippen LogP contribution in [0.4, 0.5) is 0 Å². The van der Waals surface area contributed by atoms with Crippen molar-refractivity contribution >= 4 is 5.78 Å². The lowest BCUT2D eigenvalue weighted by Gasteiger charge is -2.42. The number of methoxy groups -OCH3 is 1. The largest absolute Gasteiger partial charge is 0.359 e. The Kier molecular flexibility index (Phi) is 11.7. The maximum atomic E-state index is 12.7. The van der Waals surface area contributed by atoms with Crippen molar-refractivity contribution in [2.24, 2.45) is 23.7 Å². The lowest BCUT2D eigenvalue weighted by atomic mass is 9.66. The van der Waals surface area contributed by atoms with Crippen molar-refractivity contribution in [2.75, 3.05) is 13.9 Å². The monoisotopic (exact) mass is 404 g/mol. The zero-order chi connectivity index (χ0) is 22.0. The standard InChI is InChI=1S/C26H44O3/c1-18(2)11-9-12-19(3)13-10-14-20(4)15-16-24-23(7)25(27)21(5)22(6)26(24)29-17-28-8/h11,13,15,21-24,26H,9-10,12,14,16-17H2,1-8H3/b19-13+,20-15+/t21-,22+,23+,24+,26-/m1/s1. The third-order valence-electron chi connectivity index (χ3n) is 6.51. The first kappa shape index (κ1) is 25.8. The molecule has 0 unspecified atom stereocenters. The lowest BCUT2D eigenvalue weighted by Crippen LogP contribution is -2.48. The van der Waals surface area contributed by atoms with Gasteiger partial charge in [-0.05, 0) is 71.6 Å². The number of carbonyl (C=O) groups excluding carboxylic acids is 1. The summed E-state index contributed by atoms with van der Waals surface area (Å²) in [6.45, 7) is 15.3. The second-order valence-corrected chi connectivity index (χ2v) is 9.24. The van der Waals surface area contributed by atoms with Crippen molar-refractivity contribution in [3.05, 3.63) is 34.9 Å². The summed E-state index contributed by atoms with van der Waals surface area (Å²) in [5, 5.41) is 0. The molecule has 0 amide bonds. The summed E-state index contributed by atoms with van der Waals surface area (Å²) in [7, 11) is 1.65. The molecule has 1 aliphatic rings. The molecule has 0 aromatic heterocycles. The van der Waals surface area contributed by atoms with Gasteiger partial charge in [-0.2, -0.15) is 0 Å². The second-order valence-electron chi connectivity index (χ2n) is 9.24. The summed E-state index contributed by atoms with van der Waals surface area (Å²) < 4.78 is 11.2. The van der Waals surface area contributed by atoms with Crippen molar-refractivity contribution in [1.29, 1.82) is 0 Å². The minimum atomic E-state index is 0.0318. The Morgan fingerprint density at radius 1 is 0.897 bits per heavy atom. The molecule has 29 heavy (non-hydrogen) atoms. The molecule has 1 fully saturated rings. The SMILES string of the molecule is COCO[C@@H]1[C@@H](C)[C@@H](C)C(=O)[C@@H](C)[C@@H]1C/C=C(\C)CC/C=C(\C)CCC=C(C)C. The fourth-order valence-corrected chi connectivity index (χ4v) is 4.28. The molecule has 0 aromatic carbocycles. The number of carbonyl (C=O) groups is 1. The minimum Gasteiger partial charge on any atom is -0.359 e. The Labute approximate surface area is 179 Å². The maximum Gasteiger partial charge on any atom is 0.146 e. The molecular weight excluding hydrogens is 360 g/mol. The molecule has 1 saturated carbocycles. The van der Waals surface area contributed by atoms with Crippen molar-refractivity contribution in [2.45, 2.75) is 86.7 Å². The Balaban J connectivity index is 2.64. The number of ketones is 1. The summed E-state index contributed by atoms with van der Waals surface area (Å²) in [5.41, 5.74) is 4.26. The van der Waals surface area contributed by atoms with E-state index in [9.17, 15) is 4.79 Å². The van der Waals surface area contributed by atoms with Gasteiger partial charge >= 0.3 is 0 Å². The zero-order valence-electron chi connectivity index (χ0n) is 20.1. The highest BCUT2D eigenvalue weighted by Crippen LogP contribution is 2.39. The first-order valence-corrected chi connectivity index (χ1v) is 11.3. The molecule has 1 aliphatic carbocycles. The second kappa shape index (κ2) is 13.2. The van der Waals surface area contributed by atoms with E-state index in [0.29, 0.717) is 12.6 Å². The van der Waals surface area contributed by atoms with Crippen LogP contribution in [-0.2, 0) is 14.3 Å². The summed E-state index contributed by atoms with van der Waals surface area (Å²) in [5.74, 6) is 0.900. The first-order chi connectivity index (χ1) is 13.7. The van der Waals surface area contributed by atoms with Gasteiger partial charge in [-0.15, -0.1) is 0 Å². The molecule has 0 saturated heterocycles. The van der Waals surface area contributed by atoms with Crippen molar-refractivity contribution in [3.8, 4) is 0 Å². The number of Topliss-reactive ketones (excluding diaryl/α,β-unsaturated/α-hetero) is 1. The van der Waals surface area contributed by atoms with Gasteiger partial charge in [0.1, 0.15) is 12.6 Å². The van der Waals surface area contributed by atoms with Crippen LogP contribution in [0.2, 0.25) is 0 Å². The van der Waals surface area contributed by atoms with Crippen LogP contribution in [0.15, 0.2) is 34.9 Å². The summed E-state index contributed by atoms with van der Waals surface area (Å²) in [4.78, 5) is 12.7. The van der Waals surface area contributed by atoms with Crippen LogP contribution < -0.4 is 0 Å². The van der Waals surface area contributed by atoms with Crippen LogP contribution in [0.5, 0.6) is 0 Å². The van der Waals surface area contributed by atoms with E-state index in [0.717, 1.165) is 32.1 Å². The zero-order valence-corrected chi connectivity index (χ0v) is 20.1. The van der Waals surface area contributed by atoms with E-state index in [-0.39, 0.29) is 29.8 Å². The van der Waals surface area contributed by atoms with Gasteiger partial charge in [0.05, 0.1) is 6.10 Å². The van der Waals surface area contributed by atoms with Crippen LogP contribution in [0, 0.1) is 23.7 Å². The average molecular weight is 405 g/mol. The number of hydrogen-bond acceptors (Lipinski definition) is 3. The summed E-state index contributed by atoms with van der Waals surface area (Å²) in [6.07, 6.45) is 12.4. The summed E-state index contributed by atoms with van der Waals surface area (Å²) >= 11 is 0. The lowest BCUT2D eigenvalue weighted by molar-refractivity contribution is -0.159. The quantitative estimate of drug-likeness (QED) is 0.278. The Bertz CT molecular complexity index is 595. The highest BCUT2D eigenvalue weighted by atomic mass is 16.7. The number of rotatable bonds is 11. The molecule has 0 bridgehead atoms. The van der Waals surface area contributed by atoms with Crippen LogP contribution in [0.3, 0.4) is 0 Å². The van der Waals surface area contributed by atoms with Gasteiger partial charge in [-0.3, -0.25) is 4.79 Å². The third-order valence-corrected chi connectivity index (χ3v) is 6.51. The molecule has 166 valence electrons. The molecule has 0 aromatic rings. The van der Waals surface area contributed by atoms with Crippen molar-refractivity contribution < 1.29 is 14.3 Å². The van der Waals surface area contributed by atoms with Gasteiger partial charge < -0.3 is 9.47 Å². The number of ether oxygens (including phenoxy) is 2. The molecule has 0 spiro atoms. The van der Waals surface area contributed by atoms with Gasteiger partial charge in [0.15, 0.2) is 0 Å². The highest BCUT2D eigenvalue weighted by Gasteiger charge is 2.44. The van der Waals surface area contributed by atoms with Crippen molar-refractivity contribution in [3.63, 3.8) is 0 Å². The van der Waals surface area contributed by atoms with Crippen molar-refractivity contribution in [1.82, 2.24) is 0 Å². The van der Waals surface area contributed by atoms with Gasteiger partial charge in [0.25, 0.3) is 0 Å². The summed E-state index contributed by atoms with van der Waals surface area (Å²) in [6, 6.07) is 0. The van der Waals surface area contributed by atoms with E-state index in [4.69, 9.17) is 9.47 Å². The average Bonchev–Trinajstić information content (AvgIpc) is 2.67. The van der Waals surface area contributed by atoms with Crippen LogP contribution in [0.25, 0.3) is 0 Å². The number of hydrogen-bond donors (Lipinski definition) is 0. The molecule has 0 radical (unpaired) electrons. The molecule has 3 nitrogen and oxygen atoms in total. The van der Waals surface area contributed by atoms with E-state index in [2.05, 4.69) is 59.8 Å². The first-order valence-electron chi connectivity index (χ1n) is 11.3. The molecule has 0 heterocycles. The fourth-order valence-electron chi connectivity index (χ4n) is 4.28. The van der Waals surface area contributed by atoms with Gasteiger partial charge in [-0.1, -0.05) is 55.7 Å². The van der Waals surface area contributed by atoms with E-state index in [1.807, 2.05) is 6.92 Å². The van der Waals surface area contributed by atoms with Gasteiger partial charge in [-0.25, -0.2) is 0 Å². The third kappa shape index (κ3) is 8.60. The van der Waals surface area contributed by atoms with Crippen LogP contribution in [-0.4, -0.2) is 25.8 Å². The number of allylic oxidation sites excluding steroid dienone is 6. The predicted molar refractivity (Wildman–Crippen MR) is 123 cm³/mol. The van der Waals surface area contributed by atoms with Gasteiger partial charge in [0.2, 0.25) is 0 Å². The predicted octanol–water partition coefficient (Wildman–Crippen LogP) is 6.89. The molecule has 1 rings (SSSR count). The van der Waals surface area contributed by atoms with Crippen LogP contribution >= 0.6 is 0 Å².